The highest BCUT2D eigenvalue weighted by Gasteiger charge is 2.23. The van der Waals surface area contributed by atoms with Crippen LogP contribution >= 0.6 is 0 Å². The van der Waals surface area contributed by atoms with Crippen molar-refractivity contribution in [2.75, 3.05) is 6.54 Å². The monoisotopic (exact) mass is 397 g/mol. The van der Waals surface area contributed by atoms with E-state index in [-0.39, 0.29) is 5.56 Å². The Morgan fingerprint density at radius 2 is 2.13 bits per heavy atom. The first-order valence-corrected chi connectivity index (χ1v) is 9.76. The van der Waals surface area contributed by atoms with E-state index in [1.165, 1.54) is 0 Å². The lowest BCUT2D eigenvalue weighted by atomic mass is 10.1. The first-order chi connectivity index (χ1) is 14.7. The molecule has 0 fully saturated rings. The minimum atomic E-state index is -0.117. The number of H-pyrrole nitrogens is 1. The van der Waals surface area contributed by atoms with Crippen molar-refractivity contribution >= 4 is 0 Å². The summed E-state index contributed by atoms with van der Waals surface area (Å²) >= 11 is 0. The third kappa shape index (κ3) is 3.34. The second kappa shape index (κ2) is 7.50. The molecular formula is C23H19N5O2. The molecular weight excluding hydrogens is 378 g/mol. The summed E-state index contributed by atoms with van der Waals surface area (Å²) in [6, 6.07) is 17.4. The number of fused-ring (bicyclic) bond motifs is 1. The van der Waals surface area contributed by atoms with Crippen molar-refractivity contribution in [1.29, 1.82) is 5.26 Å². The van der Waals surface area contributed by atoms with Crippen molar-refractivity contribution in [3.8, 4) is 23.3 Å². The van der Waals surface area contributed by atoms with Crippen LogP contribution in [0.15, 0.2) is 70.2 Å². The highest BCUT2D eigenvalue weighted by Crippen LogP contribution is 2.22. The van der Waals surface area contributed by atoms with Gasteiger partial charge in [-0.1, -0.05) is 6.07 Å². The van der Waals surface area contributed by atoms with E-state index in [9.17, 15) is 10.1 Å². The number of hydrogen-bond donors (Lipinski definition) is 1. The zero-order chi connectivity index (χ0) is 20.5. The summed E-state index contributed by atoms with van der Waals surface area (Å²) in [6.07, 6.45) is 4.27. The maximum absolute atomic E-state index is 12.7. The molecule has 0 aliphatic carbocycles. The average Bonchev–Trinajstić information content (AvgIpc) is 3.46. The quantitative estimate of drug-likeness (QED) is 0.571. The van der Waals surface area contributed by atoms with Gasteiger partial charge in [-0.25, -0.2) is 4.98 Å². The highest BCUT2D eigenvalue weighted by molar-refractivity contribution is 5.47. The molecule has 4 heterocycles. The van der Waals surface area contributed by atoms with Crippen molar-refractivity contribution in [2.24, 2.45) is 0 Å². The number of nitrogens with one attached hydrogen (secondary N) is 1. The molecule has 30 heavy (non-hydrogen) atoms. The minimum absolute atomic E-state index is 0.117. The summed E-state index contributed by atoms with van der Waals surface area (Å²) in [5, 5.41) is 9.18. The van der Waals surface area contributed by atoms with E-state index >= 15 is 0 Å². The fourth-order valence-corrected chi connectivity index (χ4v) is 3.90. The molecule has 0 bridgehead atoms. The molecule has 0 unspecified atom stereocenters. The lowest BCUT2D eigenvalue weighted by Crippen LogP contribution is -2.35. The second-order valence-corrected chi connectivity index (χ2v) is 7.31. The maximum Gasteiger partial charge on any atom is 0.256 e. The Morgan fingerprint density at radius 1 is 1.20 bits per heavy atom. The van der Waals surface area contributed by atoms with Crippen molar-refractivity contribution in [2.45, 2.75) is 19.5 Å². The topological polar surface area (TPSA) is 90.8 Å². The molecule has 5 rings (SSSR count). The van der Waals surface area contributed by atoms with Crippen LogP contribution in [-0.4, -0.2) is 26.0 Å². The Hall–Kier alpha value is -3.89. The molecule has 0 amide bonds. The van der Waals surface area contributed by atoms with Gasteiger partial charge >= 0.3 is 0 Å². The van der Waals surface area contributed by atoms with Gasteiger partial charge in [-0.05, 0) is 42.5 Å². The van der Waals surface area contributed by atoms with Gasteiger partial charge in [0.05, 0.1) is 29.2 Å². The Balaban J connectivity index is 1.39. The standard InChI is InChI=1S/C23H19N5O2/c24-13-16-4-1-5-17(12-16)28-9-2-6-18(28)14-27-10-8-20-19(15-27)23(29)26-22(25-20)21-7-3-11-30-21/h1-7,9,11-12H,8,10,14-15H2,(H,25,26,29). The molecule has 0 spiro atoms. The van der Waals surface area contributed by atoms with Crippen LogP contribution in [0.3, 0.4) is 0 Å². The van der Waals surface area contributed by atoms with E-state index < -0.39 is 0 Å². The number of benzene rings is 1. The van der Waals surface area contributed by atoms with Crippen molar-refractivity contribution in [1.82, 2.24) is 19.4 Å². The summed E-state index contributed by atoms with van der Waals surface area (Å²) < 4.78 is 7.44. The van der Waals surface area contributed by atoms with Gasteiger partial charge in [-0.3, -0.25) is 9.69 Å². The minimum Gasteiger partial charge on any atom is -0.461 e. The van der Waals surface area contributed by atoms with Gasteiger partial charge in [-0.2, -0.15) is 5.26 Å². The van der Waals surface area contributed by atoms with Crippen LogP contribution < -0.4 is 5.56 Å². The second-order valence-electron chi connectivity index (χ2n) is 7.31. The normalized spacial score (nSPS) is 13.7. The number of aromatic nitrogens is 3. The van der Waals surface area contributed by atoms with Crippen LogP contribution in [0.1, 0.15) is 22.5 Å². The zero-order valence-corrected chi connectivity index (χ0v) is 16.2. The third-order valence-electron chi connectivity index (χ3n) is 5.37. The largest absolute Gasteiger partial charge is 0.461 e. The molecule has 1 N–H and O–H groups in total. The summed E-state index contributed by atoms with van der Waals surface area (Å²) in [5.74, 6) is 1.04. The molecule has 7 nitrogen and oxygen atoms in total. The number of nitrogens with zero attached hydrogens (tertiary/aromatic N) is 4. The van der Waals surface area contributed by atoms with E-state index in [1.807, 2.05) is 30.5 Å². The SMILES string of the molecule is N#Cc1cccc(-n2cccc2CN2CCc3nc(-c4ccco4)[nH]c(=O)c3C2)c1. The van der Waals surface area contributed by atoms with E-state index in [4.69, 9.17) is 4.42 Å². The Labute approximate surface area is 172 Å². The van der Waals surface area contributed by atoms with E-state index in [0.717, 1.165) is 23.6 Å². The van der Waals surface area contributed by atoms with Gasteiger partial charge in [-0.15, -0.1) is 0 Å². The first kappa shape index (κ1) is 18.2. The molecule has 0 atom stereocenters. The fourth-order valence-electron chi connectivity index (χ4n) is 3.90. The molecule has 148 valence electrons. The van der Waals surface area contributed by atoms with Crippen molar-refractivity contribution < 1.29 is 4.42 Å². The third-order valence-corrected chi connectivity index (χ3v) is 5.37. The fraction of sp³-hybridized carbons (Fsp3) is 0.174. The van der Waals surface area contributed by atoms with Crippen LogP contribution in [0.2, 0.25) is 0 Å². The van der Waals surface area contributed by atoms with Crippen molar-refractivity contribution in [3.63, 3.8) is 0 Å². The zero-order valence-electron chi connectivity index (χ0n) is 16.2. The molecule has 0 saturated heterocycles. The summed E-state index contributed by atoms with van der Waals surface area (Å²) in [7, 11) is 0. The van der Waals surface area contributed by atoms with Crippen molar-refractivity contribution in [3.05, 3.63) is 93.9 Å². The smallest absolute Gasteiger partial charge is 0.256 e. The molecule has 0 radical (unpaired) electrons. The highest BCUT2D eigenvalue weighted by atomic mass is 16.3. The van der Waals surface area contributed by atoms with Gasteiger partial charge in [0.15, 0.2) is 11.6 Å². The molecule has 1 aromatic carbocycles. The predicted octanol–water partition coefficient (Wildman–Crippen LogP) is 3.25. The van der Waals surface area contributed by atoms with Gasteiger partial charge in [0, 0.05) is 43.6 Å². The van der Waals surface area contributed by atoms with Gasteiger partial charge in [0.2, 0.25) is 0 Å². The lowest BCUT2D eigenvalue weighted by Gasteiger charge is -2.28. The lowest BCUT2D eigenvalue weighted by molar-refractivity contribution is 0.238. The summed E-state index contributed by atoms with van der Waals surface area (Å²) in [5.41, 5.74) is 4.11. The number of hydrogen-bond acceptors (Lipinski definition) is 5. The molecule has 1 aliphatic rings. The van der Waals surface area contributed by atoms with Crippen LogP contribution in [0.4, 0.5) is 0 Å². The number of nitriles is 1. The van der Waals surface area contributed by atoms with Crippen LogP contribution in [-0.2, 0) is 19.5 Å². The molecule has 3 aromatic heterocycles. The Morgan fingerprint density at radius 3 is 2.97 bits per heavy atom. The number of aromatic amines is 1. The molecule has 1 aliphatic heterocycles. The summed E-state index contributed by atoms with van der Waals surface area (Å²) in [4.78, 5) is 22.4. The van der Waals surface area contributed by atoms with Gasteiger partial charge in [0.1, 0.15) is 0 Å². The van der Waals surface area contributed by atoms with E-state index in [1.54, 1.807) is 24.5 Å². The van der Waals surface area contributed by atoms with Crippen LogP contribution in [0.5, 0.6) is 0 Å². The van der Waals surface area contributed by atoms with Gasteiger partial charge in [0.25, 0.3) is 5.56 Å². The van der Waals surface area contributed by atoms with Gasteiger partial charge < -0.3 is 14.0 Å². The summed E-state index contributed by atoms with van der Waals surface area (Å²) in [6.45, 7) is 2.05. The van der Waals surface area contributed by atoms with Crippen LogP contribution in [0.25, 0.3) is 17.3 Å². The number of furan rings is 1. The predicted molar refractivity (Wildman–Crippen MR) is 111 cm³/mol. The number of rotatable bonds is 4. The molecule has 4 aromatic rings. The maximum atomic E-state index is 12.7. The van der Waals surface area contributed by atoms with Crippen LogP contribution in [0, 0.1) is 11.3 Å². The average molecular weight is 397 g/mol. The molecule has 7 heteroatoms. The first-order valence-electron chi connectivity index (χ1n) is 9.76. The van der Waals surface area contributed by atoms with E-state index in [2.05, 4.69) is 31.6 Å². The Kier molecular flexibility index (Phi) is 4.54. The molecule has 0 saturated carbocycles. The Bertz CT molecular complexity index is 1290. The van der Waals surface area contributed by atoms with E-state index in [0.29, 0.717) is 42.2 Å².